The van der Waals surface area contributed by atoms with Gasteiger partial charge in [0.25, 0.3) is 0 Å². The molecular formula is C60H64N2. The molecule has 0 bridgehead atoms. The number of benzene rings is 5. The molecule has 2 N–H and O–H groups in total. The highest BCUT2D eigenvalue weighted by molar-refractivity contribution is 5.75. The Morgan fingerprint density at radius 3 is 1.63 bits per heavy atom. The van der Waals surface area contributed by atoms with Crippen molar-refractivity contribution in [2.45, 2.75) is 64.1 Å². The SMILES string of the molecule is C1=CC(c2ccccc2)=CCC1.C=C/C(=C\C)c1ccccc1.CNC1C=C(C2=CCC(NC3C=C(c4ccccc4)C(C)C3)C=C2)C=CC1.c1ccc(-c2ccccc2)cc1. The third-order valence-electron chi connectivity index (χ3n) is 11.5. The first-order valence-corrected chi connectivity index (χ1v) is 22.4. The topological polar surface area (TPSA) is 24.1 Å². The van der Waals surface area contributed by atoms with Crippen LogP contribution in [-0.4, -0.2) is 25.2 Å². The summed E-state index contributed by atoms with van der Waals surface area (Å²) in [5, 5.41) is 7.19. The molecule has 0 saturated heterocycles. The van der Waals surface area contributed by atoms with E-state index in [-0.39, 0.29) is 0 Å². The summed E-state index contributed by atoms with van der Waals surface area (Å²) < 4.78 is 0. The lowest BCUT2D eigenvalue weighted by atomic mass is 9.92. The van der Waals surface area contributed by atoms with Gasteiger partial charge in [0.15, 0.2) is 0 Å². The van der Waals surface area contributed by atoms with Crippen LogP contribution in [0.4, 0.5) is 0 Å². The lowest BCUT2D eigenvalue weighted by molar-refractivity contribution is 0.491. The first-order chi connectivity index (χ1) is 30.5. The smallest absolute Gasteiger partial charge is 0.0293 e. The van der Waals surface area contributed by atoms with Gasteiger partial charge in [-0.15, -0.1) is 0 Å². The molecule has 2 nitrogen and oxygen atoms in total. The molecule has 4 aliphatic rings. The lowest BCUT2D eigenvalue weighted by Crippen LogP contribution is -2.35. The summed E-state index contributed by atoms with van der Waals surface area (Å²) >= 11 is 0. The van der Waals surface area contributed by atoms with E-state index in [1.54, 1.807) is 0 Å². The Labute approximate surface area is 372 Å². The molecule has 9 rings (SSSR count). The Morgan fingerprint density at radius 1 is 0.548 bits per heavy atom. The quantitative estimate of drug-likeness (QED) is 0.145. The van der Waals surface area contributed by atoms with Gasteiger partial charge >= 0.3 is 0 Å². The van der Waals surface area contributed by atoms with E-state index in [0.29, 0.717) is 24.0 Å². The number of rotatable bonds is 9. The zero-order valence-electron chi connectivity index (χ0n) is 36.9. The standard InChI is InChI=1S/C25H30N2.C12H12.C12H10.C11H12/c1-18-15-24(17-25(18)20-7-4-3-5-8-20)27-22-13-11-19(12-14-22)21-9-6-10-23(16-21)26-2;2*1-3-7-11(8-4-1)12-9-5-2-6-10-12;1-3-10(4-2)11-8-6-5-7-9-11/h3-9,11-13,16-18,22-24,26-27H,10,14-15H2,1-2H3;1,3-5,7-10H,2,6H2;1-10H;3-9H,1H2,2H3/b;;;10-4+. The number of hydrogen-bond donors (Lipinski definition) is 2. The molecule has 5 aromatic carbocycles. The molecule has 4 unspecified atom stereocenters. The first kappa shape index (κ1) is 45.2. The van der Waals surface area contributed by atoms with E-state index in [1.165, 1.54) is 74.9 Å². The molecule has 0 heterocycles. The fourth-order valence-electron chi connectivity index (χ4n) is 8.15. The van der Waals surface area contributed by atoms with Gasteiger partial charge in [-0.05, 0) is 108 Å². The minimum Gasteiger partial charge on any atom is -0.313 e. The predicted octanol–water partition coefficient (Wildman–Crippen LogP) is 14.8. The zero-order valence-corrected chi connectivity index (χ0v) is 36.9. The zero-order chi connectivity index (χ0) is 43.2. The van der Waals surface area contributed by atoms with Crippen molar-refractivity contribution in [3.63, 3.8) is 0 Å². The number of likely N-dealkylation sites (N-methyl/N-ethyl adjacent to an activating group) is 1. The van der Waals surface area contributed by atoms with E-state index in [2.05, 4.69) is 212 Å². The van der Waals surface area contributed by atoms with Crippen LogP contribution in [0, 0.1) is 5.92 Å². The van der Waals surface area contributed by atoms with E-state index in [1.807, 2.05) is 50.4 Å². The van der Waals surface area contributed by atoms with Crippen molar-refractivity contribution in [1.29, 1.82) is 0 Å². The van der Waals surface area contributed by atoms with Crippen LogP contribution in [0.25, 0.3) is 27.8 Å². The average Bonchev–Trinajstić information content (AvgIpc) is 3.73. The van der Waals surface area contributed by atoms with Gasteiger partial charge in [-0.25, -0.2) is 0 Å². The normalized spacial score (nSPS) is 20.0. The van der Waals surface area contributed by atoms with Crippen LogP contribution in [0.2, 0.25) is 0 Å². The van der Waals surface area contributed by atoms with Crippen LogP contribution in [0.3, 0.4) is 0 Å². The Morgan fingerprint density at radius 2 is 1.11 bits per heavy atom. The van der Waals surface area contributed by atoms with Crippen molar-refractivity contribution in [3.05, 3.63) is 259 Å². The summed E-state index contributed by atoms with van der Waals surface area (Å²) in [7, 11) is 2.03. The summed E-state index contributed by atoms with van der Waals surface area (Å²) in [6, 6.07) is 53.7. The second-order valence-corrected chi connectivity index (χ2v) is 16.0. The molecule has 0 radical (unpaired) electrons. The van der Waals surface area contributed by atoms with Crippen LogP contribution in [0.5, 0.6) is 0 Å². The molecule has 0 saturated carbocycles. The highest BCUT2D eigenvalue weighted by Gasteiger charge is 2.25. The van der Waals surface area contributed by atoms with Crippen LogP contribution >= 0.6 is 0 Å². The molecule has 5 aromatic rings. The van der Waals surface area contributed by atoms with Gasteiger partial charge < -0.3 is 10.6 Å². The maximum Gasteiger partial charge on any atom is 0.0293 e. The maximum atomic E-state index is 3.83. The Balaban J connectivity index is 0.000000152. The monoisotopic (exact) mass is 813 g/mol. The lowest BCUT2D eigenvalue weighted by Gasteiger charge is -2.23. The number of hydrogen-bond acceptors (Lipinski definition) is 2. The maximum absolute atomic E-state index is 3.83. The van der Waals surface area contributed by atoms with E-state index >= 15 is 0 Å². The molecule has 0 amide bonds. The Hall–Kier alpha value is -6.32. The van der Waals surface area contributed by atoms with E-state index in [0.717, 1.165) is 12.8 Å². The van der Waals surface area contributed by atoms with E-state index < -0.39 is 0 Å². The van der Waals surface area contributed by atoms with E-state index in [9.17, 15) is 0 Å². The van der Waals surface area contributed by atoms with Crippen molar-refractivity contribution in [1.82, 2.24) is 10.6 Å². The van der Waals surface area contributed by atoms with Gasteiger partial charge in [-0.2, -0.15) is 0 Å². The Bertz CT molecular complexity index is 2320. The third-order valence-corrected chi connectivity index (χ3v) is 11.5. The minimum atomic E-state index is 0.422. The van der Waals surface area contributed by atoms with Gasteiger partial charge in [0.1, 0.15) is 0 Å². The summed E-state index contributed by atoms with van der Waals surface area (Å²) in [6.07, 6.45) is 32.7. The van der Waals surface area contributed by atoms with Gasteiger partial charge in [-0.3, -0.25) is 0 Å². The van der Waals surface area contributed by atoms with E-state index in [4.69, 9.17) is 0 Å². The fraction of sp³-hybridized carbons (Fsp3) is 0.200. The van der Waals surface area contributed by atoms with Gasteiger partial charge in [0, 0.05) is 18.1 Å². The second kappa shape index (κ2) is 24.8. The van der Waals surface area contributed by atoms with Crippen LogP contribution in [0.1, 0.15) is 62.6 Å². The van der Waals surface area contributed by atoms with Crippen molar-refractivity contribution in [2.75, 3.05) is 7.05 Å². The second-order valence-electron chi connectivity index (χ2n) is 16.0. The summed E-state index contributed by atoms with van der Waals surface area (Å²) in [6.45, 7) is 8.10. The van der Waals surface area contributed by atoms with Crippen molar-refractivity contribution >= 4 is 16.7 Å². The van der Waals surface area contributed by atoms with Crippen molar-refractivity contribution in [3.8, 4) is 11.1 Å². The van der Waals surface area contributed by atoms with Gasteiger partial charge in [0.05, 0.1) is 0 Å². The van der Waals surface area contributed by atoms with Gasteiger partial charge in [0.2, 0.25) is 0 Å². The Kier molecular flexibility index (Phi) is 18.1. The number of nitrogens with one attached hydrogen (secondary N) is 2. The molecule has 62 heavy (non-hydrogen) atoms. The van der Waals surface area contributed by atoms with Crippen LogP contribution in [-0.2, 0) is 0 Å². The molecule has 0 aliphatic heterocycles. The fourth-order valence-corrected chi connectivity index (χ4v) is 8.15. The number of allylic oxidation sites excluding steroid dienone is 12. The highest BCUT2D eigenvalue weighted by atomic mass is 14.9. The van der Waals surface area contributed by atoms with Crippen molar-refractivity contribution in [2.24, 2.45) is 5.92 Å². The summed E-state index contributed by atoms with van der Waals surface area (Å²) in [5.41, 5.74) is 13.2. The van der Waals surface area contributed by atoms with Crippen molar-refractivity contribution < 1.29 is 0 Å². The first-order valence-electron chi connectivity index (χ1n) is 22.4. The molecule has 2 heteroatoms. The average molecular weight is 813 g/mol. The third kappa shape index (κ3) is 13.9. The minimum absolute atomic E-state index is 0.422. The van der Waals surface area contributed by atoms with Crippen LogP contribution < -0.4 is 10.6 Å². The van der Waals surface area contributed by atoms with Crippen LogP contribution in [0.15, 0.2) is 242 Å². The summed E-state index contributed by atoms with van der Waals surface area (Å²) in [4.78, 5) is 0. The molecule has 4 atom stereocenters. The molecule has 4 aliphatic carbocycles. The van der Waals surface area contributed by atoms with Gasteiger partial charge in [-0.1, -0.05) is 238 Å². The molecule has 0 fully saturated rings. The molecule has 314 valence electrons. The predicted molar refractivity (Wildman–Crippen MR) is 270 cm³/mol. The molecule has 0 spiro atoms. The molecule has 0 aromatic heterocycles. The largest absolute Gasteiger partial charge is 0.313 e. The summed E-state index contributed by atoms with van der Waals surface area (Å²) in [5.74, 6) is 0.611. The molecular weight excluding hydrogens is 749 g/mol. The highest BCUT2D eigenvalue weighted by Crippen LogP contribution is 2.34.